The highest BCUT2D eigenvalue weighted by atomic mass is 35.5. The monoisotopic (exact) mass is 247 g/mol. The number of aromatic nitrogens is 3. The molecule has 2 heterocycles. The number of nitrogens with one attached hydrogen (secondary N) is 1. The van der Waals surface area contributed by atoms with Crippen molar-refractivity contribution in [1.29, 1.82) is 0 Å². The minimum Gasteiger partial charge on any atom is -0.272 e. The molecule has 16 heavy (non-hydrogen) atoms. The van der Waals surface area contributed by atoms with Crippen molar-refractivity contribution in [3.05, 3.63) is 35.2 Å². The molecule has 0 aromatic carbocycles. The summed E-state index contributed by atoms with van der Waals surface area (Å²) in [5, 5.41) is 4.97. The highest BCUT2D eigenvalue weighted by Gasteiger charge is 2.37. The fraction of sp³-hybridized carbons (Fsp3) is 0.111. The molecule has 0 spiro atoms. The van der Waals surface area contributed by atoms with Crippen molar-refractivity contribution in [2.75, 3.05) is 0 Å². The number of halogens is 4. The Morgan fingerprint density at radius 1 is 1.31 bits per heavy atom. The van der Waals surface area contributed by atoms with Gasteiger partial charge in [0.15, 0.2) is 5.69 Å². The highest BCUT2D eigenvalue weighted by Crippen LogP contribution is 2.37. The number of H-pyrrole nitrogens is 1. The van der Waals surface area contributed by atoms with Crippen LogP contribution in [0.2, 0.25) is 5.02 Å². The molecule has 7 heteroatoms. The first-order chi connectivity index (χ1) is 7.50. The maximum absolute atomic E-state index is 12.4. The largest absolute Gasteiger partial charge is 0.434 e. The number of rotatable bonds is 1. The quantitative estimate of drug-likeness (QED) is 0.841. The van der Waals surface area contributed by atoms with Crippen LogP contribution in [0.4, 0.5) is 13.2 Å². The van der Waals surface area contributed by atoms with E-state index in [-0.39, 0.29) is 5.69 Å². The zero-order chi connectivity index (χ0) is 11.8. The summed E-state index contributed by atoms with van der Waals surface area (Å²) >= 11 is 5.60. The Morgan fingerprint density at radius 3 is 2.56 bits per heavy atom. The molecule has 0 bridgehead atoms. The van der Waals surface area contributed by atoms with Gasteiger partial charge in [-0.05, 0) is 12.1 Å². The van der Waals surface area contributed by atoms with Crippen molar-refractivity contribution >= 4 is 11.6 Å². The van der Waals surface area contributed by atoms with Gasteiger partial charge in [-0.25, -0.2) is 0 Å². The Kier molecular flexibility index (Phi) is 2.59. The van der Waals surface area contributed by atoms with Gasteiger partial charge in [-0.3, -0.25) is 10.1 Å². The van der Waals surface area contributed by atoms with E-state index in [1.54, 1.807) is 12.1 Å². The van der Waals surface area contributed by atoms with Gasteiger partial charge in [0.05, 0.1) is 5.02 Å². The van der Waals surface area contributed by atoms with E-state index < -0.39 is 16.9 Å². The lowest BCUT2D eigenvalue weighted by Crippen LogP contribution is -2.05. The average molecular weight is 248 g/mol. The Hall–Kier alpha value is -1.56. The van der Waals surface area contributed by atoms with Gasteiger partial charge in [0.25, 0.3) is 0 Å². The second-order valence-corrected chi connectivity index (χ2v) is 3.38. The lowest BCUT2D eigenvalue weighted by Gasteiger charge is -2.02. The van der Waals surface area contributed by atoms with Crippen LogP contribution in [-0.2, 0) is 6.18 Å². The lowest BCUT2D eigenvalue weighted by atomic mass is 10.2. The summed E-state index contributed by atoms with van der Waals surface area (Å²) in [5.41, 5.74) is -0.575. The normalized spacial score (nSPS) is 11.8. The predicted molar refractivity (Wildman–Crippen MR) is 51.8 cm³/mol. The van der Waals surface area contributed by atoms with Gasteiger partial charge >= 0.3 is 6.18 Å². The average Bonchev–Trinajstić information content (AvgIpc) is 2.61. The van der Waals surface area contributed by atoms with E-state index in [1.165, 1.54) is 12.4 Å². The number of alkyl halides is 3. The molecule has 0 aliphatic heterocycles. The molecule has 0 saturated carbocycles. The zero-order valence-corrected chi connectivity index (χ0v) is 8.47. The maximum atomic E-state index is 12.4. The number of hydrogen-bond donors (Lipinski definition) is 1. The second kappa shape index (κ2) is 3.79. The van der Waals surface area contributed by atoms with Crippen LogP contribution in [-0.4, -0.2) is 15.2 Å². The van der Waals surface area contributed by atoms with E-state index in [1.807, 2.05) is 5.10 Å². The molecule has 2 aromatic rings. The van der Waals surface area contributed by atoms with E-state index in [2.05, 4.69) is 10.1 Å². The van der Waals surface area contributed by atoms with Crippen LogP contribution in [0.5, 0.6) is 0 Å². The summed E-state index contributed by atoms with van der Waals surface area (Å²) < 4.78 is 37.2. The van der Waals surface area contributed by atoms with Gasteiger partial charge in [-0.1, -0.05) is 11.6 Å². The van der Waals surface area contributed by atoms with Crippen LogP contribution in [0.15, 0.2) is 24.5 Å². The van der Waals surface area contributed by atoms with Crippen LogP contribution in [0, 0.1) is 0 Å². The van der Waals surface area contributed by atoms with Crippen LogP contribution < -0.4 is 0 Å². The molecular formula is C9H5ClF3N3. The van der Waals surface area contributed by atoms with Gasteiger partial charge in [0.1, 0.15) is 5.69 Å². The molecule has 2 rings (SSSR count). The van der Waals surface area contributed by atoms with Crippen molar-refractivity contribution in [1.82, 2.24) is 15.2 Å². The van der Waals surface area contributed by atoms with Gasteiger partial charge in [-0.2, -0.15) is 18.3 Å². The first kappa shape index (κ1) is 10.9. The molecule has 0 radical (unpaired) electrons. The molecule has 2 aromatic heterocycles. The van der Waals surface area contributed by atoms with Crippen molar-refractivity contribution in [2.45, 2.75) is 6.18 Å². The minimum absolute atomic E-state index is 0.0436. The Balaban J connectivity index is 2.50. The Morgan fingerprint density at radius 2 is 2.06 bits per heavy atom. The summed E-state index contributed by atoms with van der Waals surface area (Å²) in [6.07, 6.45) is -1.64. The molecule has 0 amide bonds. The van der Waals surface area contributed by atoms with E-state index in [0.717, 1.165) is 0 Å². The zero-order valence-electron chi connectivity index (χ0n) is 7.72. The fourth-order valence-corrected chi connectivity index (χ4v) is 1.51. The molecule has 0 saturated heterocycles. The van der Waals surface area contributed by atoms with Gasteiger partial charge in [-0.15, -0.1) is 0 Å². The highest BCUT2D eigenvalue weighted by molar-refractivity contribution is 6.33. The smallest absolute Gasteiger partial charge is 0.272 e. The van der Waals surface area contributed by atoms with Crippen LogP contribution in [0.25, 0.3) is 11.3 Å². The first-order valence-corrected chi connectivity index (χ1v) is 4.59. The molecule has 0 fully saturated rings. The van der Waals surface area contributed by atoms with Crippen molar-refractivity contribution in [2.24, 2.45) is 0 Å². The molecular weight excluding hydrogens is 243 g/mol. The van der Waals surface area contributed by atoms with Crippen LogP contribution >= 0.6 is 11.6 Å². The number of aromatic amines is 1. The Bertz CT molecular complexity index is 492. The summed E-state index contributed by atoms with van der Waals surface area (Å²) in [4.78, 5) is 3.78. The van der Waals surface area contributed by atoms with E-state index in [0.29, 0.717) is 5.56 Å². The summed E-state index contributed by atoms with van der Waals surface area (Å²) in [7, 11) is 0. The molecule has 0 aliphatic rings. The second-order valence-electron chi connectivity index (χ2n) is 3.00. The Labute approximate surface area is 93.3 Å². The van der Waals surface area contributed by atoms with E-state index >= 15 is 0 Å². The minimum atomic E-state index is -4.54. The van der Waals surface area contributed by atoms with Gasteiger partial charge in [0, 0.05) is 18.0 Å². The predicted octanol–water partition coefficient (Wildman–Crippen LogP) is 3.14. The molecule has 0 unspecified atom stereocenters. The SMILES string of the molecule is FC(F)(F)c1[nH]nc(-c2cccnc2)c1Cl. The van der Waals surface area contributed by atoms with Crippen molar-refractivity contribution in [3.63, 3.8) is 0 Å². The molecule has 0 aliphatic carbocycles. The summed E-state index contributed by atoms with van der Waals surface area (Å²) in [6.45, 7) is 0. The molecule has 3 nitrogen and oxygen atoms in total. The lowest BCUT2D eigenvalue weighted by molar-refractivity contribution is -0.141. The topological polar surface area (TPSA) is 41.6 Å². The van der Waals surface area contributed by atoms with E-state index in [4.69, 9.17) is 11.6 Å². The standard InChI is InChI=1S/C9H5ClF3N3/c10-6-7(5-2-1-3-14-4-5)15-16-8(6)9(11,12)13/h1-4H,(H,15,16). The van der Waals surface area contributed by atoms with E-state index in [9.17, 15) is 13.2 Å². The molecule has 0 atom stereocenters. The third-order valence-corrected chi connectivity index (χ3v) is 2.29. The molecule has 1 N–H and O–H groups in total. The maximum Gasteiger partial charge on any atom is 0.434 e. The summed E-state index contributed by atoms with van der Waals surface area (Å²) in [6, 6.07) is 3.17. The van der Waals surface area contributed by atoms with Gasteiger partial charge in [0.2, 0.25) is 0 Å². The fourth-order valence-electron chi connectivity index (χ4n) is 1.21. The number of nitrogens with zero attached hydrogens (tertiary/aromatic N) is 2. The van der Waals surface area contributed by atoms with Crippen LogP contribution in [0.1, 0.15) is 5.69 Å². The first-order valence-electron chi connectivity index (χ1n) is 4.21. The number of pyridine rings is 1. The number of hydrogen-bond acceptors (Lipinski definition) is 2. The van der Waals surface area contributed by atoms with Gasteiger partial charge < -0.3 is 0 Å². The van der Waals surface area contributed by atoms with Crippen molar-refractivity contribution < 1.29 is 13.2 Å². The third-order valence-electron chi connectivity index (χ3n) is 1.93. The molecule has 84 valence electrons. The van der Waals surface area contributed by atoms with Crippen LogP contribution in [0.3, 0.4) is 0 Å². The van der Waals surface area contributed by atoms with Crippen molar-refractivity contribution in [3.8, 4) is 11.3 Å². The summed E-state index contributed by atoms with van der Waals surface area (Å²) in [5.74, 6) is 0. The third kappa shape index (κ3) is 1.88.